The third-order valence-electron chi connectivity index (χ3n) is 14.6. The highest BCUT2D eigenvalue weighted by Crippen LogP contribution is 2.61. The molecular weight excluding hydrogens is 1160 g/mol. The molecule has 4 heterocycles. The minimum Gasteiger partial charge on any atom is -0.394 e. The number of hydrogen-bond donors (Lipinski definition) is 15. The lowest BCUT2D eigenvalue weighted by Crippen LogP contribution is -2.70. The summed E-state index contributed by atoms with van der Waals surface area (Å²) in [5.74, 6) is -1.75. The Balaban J connectivity index is 1.36. The molecule has 0 aliphatic carbocycles. The zero-order valence-electron chi connectivity index (χ0n) is 48.8. The summed E-state index contributed by atoms with van der Waals surface area (Å²) in [7, 11) is -11.1. The highest BCUT2D eigenvalue weighted by Gasteiger charge is 2.57. The molecule has 0 aromatic rings. The van der Waals surface area contributed by atoms with Gasteiger partial charge >= 0.3 is 15.6 Å². The number of aliphatic hydroxyl groups excluding tert-OH is 11. The molecule has 0 bridgehead atoms. The monoisotopic (exact) mass is 1250 g/mol. The molecule has 0 spiro atoms. The van der Waals surface area contributed by atoms with Crippen molar-refractivity contribution in [2.45, 2.75) is 236 Å². The van der Waals surface area contributed by atoms with Gasteiger partial charge in [0.1, 0.15) is 97.5 Å². The standard InChI is InChI=1S/C53H92N2O27P2/c1-27(2)13-9-14-28(3)15-10-16-29(4)17-11-18-30(5)19-12-20-31(6)21-22-73-83(69,70)82-84(71,72)81-51-39(55-33(8)61)43(65)47(37(26-59)77-51)78-50-38(54-32(7)60)42(64)48(36(25-58)76-50)79-53-46(68)49(41(63)35(24-57)75-53)80-52-45(67)44(66)40(62)34(23-56)74-52/h13,15,17,19,31,34-53,56-59,62-68H,9-12,14,16,18,20-26H2,1-8H3,(H,54,60)(H,55,61)(H,69,70)(H,71,72)/b28-15+,29-17+,30-19-/t31?,34-,35-,36-,37-,38-,39-,40-,41-,42-,43-,44+,45+,46+,47-,48-,49+,50+,51-,52-,53+/m1/s1. The maximum atomic E-state index is 13.3. The number of nitrogens with one attached hydrogen (secondary N) is 2. The van der Waals surface area contributed by atoms with Crippen LogP contribution in [0.4, 0.5) is 0 Å². The van der Waals surface area contributed by atoms with E-state index in [1.165, 1.54) is 22.3 Å². The normalized spacial score (nSPS) is 36.3. The Bertz CT molecular complexity index is 2270. The average molecular weight is 1250 g/mol. The van der Waals surface area contributed by atoms with Crippen LogP contribution < -0.4 is 10.6 Å². The quantitative estimate of drug-likeness (QED) is 0.0305. The zero-order chi connectivity index (χ0) is 62.8. The topological polar surface area (TPSA) is 448 Å². The lowest BCUT2D eigenvalue weighted by Gasteiger charge is -2.50. The molecule has 4 saturated heterocycles. The van der Waals surface area contributed by atoms with E-state index in [0.717, 1.165) is 58.8 Å². The van der Waals surface area contributed by atoms with Crippen LogP contribution in [0, 0.1) is 5.92 Å². The molecule has 29 nitrogen and oxygen atoms in total. The first-order valence-electron chi connectivity index (χ1n) is 28.1. The summed E-state index contributed by atoms with van der Waals surface area (Å²) >= 11 is 0. The molecule has 486 valence electrons. The van der Waals surface area contributed by atoms with Crippen molar-refractivity contribution in [3.8, 4) is 0 Å². The fraction of sp³-hybridized carbons (Fsp3) is 0.811. The largest absolute Gasteiger partial charge is 0.483 e. The van der Waals surface area contributed by atoms with Crippen LogP contribution >= 0.6 is 15.6 Å². The van der Waals surface area contributed by atoms with E-state index in [1.54, 1.807) is 0 Å². The van der Waals surface area contributed by atoms with Crippen LogP contribution in [0.15, 0.2) is 46.6 Å². The van der Waals surface area contributed by atoms with Crippen molar-refractivity contribution >= 4 is 27.5 Å². The van der Waals surface area contributed by atoms with Crippen molar-refractivity contribution in [2.24, 2.45) is 5.92 Å². The average Bonchev–Trinajstić information content (AvgIpc) is 1.37. The zero-order valence-corrected chi connectivity index (χ0v) is 50.5. The van der Waals surface area contributed by atoms with E-state index in [2.05, 4.69) is 73.9 Å². The smallest absolute Gasteiger partial charge is 0.394 e. The predicted molar refractivity (Wildman–Crippen MR) is 294 cm³/mol. The molecule has 0 aromatic carbocycles. The fourth-order valence-electron chi connectivity index (χ4n) is 9.84. The van der Waals surface area contributed by atoms with Gasteiger partial charge in [0, 0.05) is 13.8 Å². The summed E-state index contributed by atoms with van der Waals surface area (Å²) in [5, 5.41) is 122. The lowest BCUT2D eigenvalue weighted by molar-refractivity contribution is -0.379. The molecule has 0 aromatic heterocycles. The number of carbonyl (C=O) groups excluding carboxylic acids is 2. The molecule has 0 radical (unpaired) electrons. The molecule has 4 aliphatic heterocycles. The van der Waals surface area contributed by atoms with Gasteiger partial charge in [-0.05, 0) is 98.3 Å². The number of allylic oxidation sites excluding steroid dienone is 8. The van der Waals surface area contributed by atoms with Gasteiger partial charge in [0.2, 0.25) is 11.8 Å². The highest BCUT2D eigenvalue weighted by atomic mass is 31.3. The van der Waals surface area contributed by atoms with Crippen LogP contribution in [0.3, 0.4) is 0 Å². The van der Waals surface area contributed by atoms with Crippen LogP contribution in [0.25, 0.3) is 0 Å². The predicted octanol–water partition coefficient (Wildman–Crippen LogP) is -0.251. The van der Waals surface area contributed by atoms with Crippen molar-refractivity contribution in [3.63, 3.8) is 0 Å². The van der Waals surface area contributed by atoms with Gasteiger partial charge < -0.3 is 110 Å². The number of carbonyl (C=O) groups is 2. The van der Waals surface area contributed by atoms with Crippen molar-refractivity contribution in [1.29, 1.82) is 0 Å². The van der Waals surface area contributed by atoms with E-state index < -0.39 is 177 Å². The first-order chi connectivity index (χ1) is 39.5. The maximum absolute atomic E-state index is 13.3. The molecule has 3 unspecified atom stereocenters. The van der Waals surface area contributed by atoms with Gasteiger partial charge in [0.25, 0.3) is 0 Å². The molecule has 4 rings (SSSR count). The van der Waals surface area contributed by atoms with Crippen LogP contribution in [0.2, 0.25) is 0 Å². The number of aliphatic hydroxyl groups is 11. The van der Waals surface area contributed by atoms with E-state index in [0.29, 0.717) is 6.42 Å². The summed E-state index contributed by atoms with van der Waals surface area (Å²) in [4.78, 5) is 46.3. The van der Waals surface area contributed by atoms with Gasteiger partial charge in [-0.3, -0.25) is 18.6 Å². The van der Waals surface area contributed by atoms with E-state index in [-0.39, 0.29) is 18.9 Å². The number of hydrogen-bond acceptors (Lipinski definition) is 25. The van der Waals surface area contributed by atoms with E-state index in [4.69, 9.17) is 42.2 Å². The Hall–Kier alpha value is -2.56. The summed E-state index contributed by atoms with van der Waals surface area (Å²) < 4.78 is 80.9. The van der Waals surface area contributed by atoms with Gasteiger partial charge in [0.05, 0.1) is 33.0 Å². The summed E-state index contributed by atoms with van der Waals surface area (Å²) in [6, 6.07) is -3.69. The minimum atomic E-state index is -5.73. The molecule has 84 heavy (non-hydrogen) atoms. The molecular formula is C53H92N2O27P2. The lowest BCUT2D eigenvalue weighted by atomic mass is 9.94. The van der Waals surface area contributed by atoms with E-state index in [1.807, 2.05) is 6.92 Å². The first-order valence-corrected chi connectivity index (χ1v) is 31.1. The molecule has 15 N–H and O–H groups in total. The molecule has 4 fully saturated rings. The molecule has 0 saturated carbocycles. The van der Waals surface area contributed by atoms with E-state index >= 15 is 0 Å². The second-order valence-electron chi connectivity index (χ2n) is 22.1. The van der Waals surface area contributed by atoms with Gasteiger partial charge in [-0.25, -0.2) is 9.13 Å². The number of rotatable bonds is 32. The Morgan fingerprint density at radius 1 is 0.488 bits per heavy atom. The Kier molecular flexibility index (Phi) is 30.8. The number of ether oxygens (including phenoxy) is 7. The Morgan fingerprint density at radius 2 is 0.905 bits per heavy atom. The SMILES string of the molecule is CC(=O)N[C@H]1[C@H](O[C@H]2[C@H](O)[C@@H](NC(C)=O)[C@@H](OP(=O)(O)OP(=O)(O)OCCC(C)CC/C=C(/C)CC/C=C(\C)CC/C=C(\C)CCC=C(C)C)O[C@@H]2CO)O[C@H](CO)[C@@H](O[C@@H]2O[C@H](CO)[C@@H](O)[C@H](O[C@H]3O[C@H](CO)[C@@H](O)[C@H](O)[C@@H]3O)[C@@H]2O)[C@@H]1O. The number of phosphoric ester groups is 2. The second-order valence-corrected chi connectivity index (χ2v) is 25.1. The number of amides is 2. The van der Waals surface area contributed by atoms with Crippen LogP contribution in [0.5, 0.6) is 0 Å². The van der Waals surface area contributed by atoms with Crippen LogP contribution in [0.1, 0.15) is 113 Å². The van der Waals surface area contributed by atoms with Crippen molar-refractivity contribution in [3.05, 3.63) is 46.6 Å². The fourth-order valence-corrected chi connectivity index (χ4v) is 12.0. The Labute approximate surface area is 489 Å². The summed E-state index contributed by atoms with van der Waals surface area (Å²) in [6.07, 6.45) is -17.8. The van der Waals surface area contributed by atoms with Crippen LogP contribution in [-0.2, 0) is 65.2 Å². The van der Waals surface area contributed by atoms with Crippen molar-refractivity contribution in [1.82, 2.24) is 10.6 Å². The maximum Gasteiger partial charge on any atom is 0.483 e. The third-order valence-corrected chi connectivity index (χ3v) is 17.2. The van der Waals surface area contributed by atoms with Gasteiger partial charge in [-0.15, -0.1) is 0 Å². The van der Waals surface area contributed by atoms with Crippen molar-refractivity contribution in [2.75, 3.05) is 33.0 Å². The number of phosphoric acid groups is 2. The summed E-state index contributed by atoms with van der Waals surface area (Å²) in [5.41, 5.74) is 5.29. The minimum absolute atomic E-state index is 0.0125. The molecule has 31 heteroatoms. The van der Waals surface area contributed by atoms with E-state index in [9.17, 15) is 84.7 Å². The highest BCUT2D eigenvalue weighted by molar-refractivity contribution is 7.61. The van der Waals surface area contributed by atoms with Crippen LogP contribution in [-0.4, -0.2) is 234 Å². The van der Waals surface area contributed by atoms with Gasteiger partial charge in [-0.2, -0.15) is 4.31 Å². The molecule has 2 amide bonds. The third kappa shape index (κ3) is 22.5. The molecule has 4 aliphatic rings. The summed E-state index contributed by atoms with van der Waals surface area (Å²) in [6.45, 7) is 10.1. The first kappa shape index (κ1) is 73.9. The van der Waals surface area contributed by atoms with Crippen molar-refractivity contribution < 1.29 is 131 Å². The Morgan fingerprint density at radius 3 is 1.39 bits per heavy atom. The second kappa shape index (κ2) is 35.0. The van der Waals surface area contributed by atoms with Gasteiger partial charge in [-0.1, -0.05) is 53.5 Å². The van der Waals surface area contributed by atoms with Gasteiger partial charge in [0.15, 0.2) is 25.2 Å². The molecule has 23 atom stereocenters.